The molecule has 6 rings (SSSR count). The molecule has 1 aromatic carbocycles. The molecule has 0 amide bonds. The van der Waals surface area contributed by atoms with Crippen molar-refractivity contribution in [3.05, 3.63) is 77.1 Å². The van der Waals surface area contributed by atoms with E-state index in [1.165, 1.54) is 21.7 Å². The lowest BCUT2D eigenvalue weighted by Crippen LogP contribution is -2.09. The smallest absolute Gasteiger partial charge is 0.142 e. The summed E-state index contributed by atoms with van der Waals surface area (Å²) in [6.45, 7) is 1.31. The highest BCUT2D eigenvalue weighted by Gasteiger charge is 2.26. The predicted octanol–water partition coefficient (Wildman–Crippen LogP) is 5.08. The molecule has 1 aliphatic rings. The number of fused-ring (bicyclic) bond motifs is 5. The molecule has 0 bridgehead atoms. The Morgan fingerprint density at radius 2 is 2.09 bits per heavy atom. The van der Waals surface area contributed by atoms with E-state index in [2.05, 4.69) is 37.9 Å². The van der Waals surface area contributed by atoms with E-state index >= 15 is 0 Å². The molecular weight excluding hydrogens is 479 g/mol. The van der Waals surface area contributed by atoms with Gasteiger partial charge in [-0.3, -0.25) is 9.67 Å². The van der Waals surface area contributed by atoms with Crippen molar-refractivity contribution in [2.24, 2.45) is 0 Å². The van der Waals surface area contributed by atoms with E-state index in [0.717, 1.165) is 53.1 Å². The quantitative estimate of drug-likeness (QED) is 0.314. The van der Waals surface area contributed by atoms with Crippen LogP contribution in [-0.2, 0) is 26.0 Å². The van der Waals surface area contributed by atoms with E-state index in [0.29, 0.717) is 17.4 Å². The normalized spacial score (nSPS) is 12.4. The van der Waals surface area contributed by atoms with Crippen molar-refractivity contribution < 1.29 is 4.74 Å². The Kier molecular flexibility index (Phi) is 5.87. The fourth-order valence-electron chi connectivity index (χ4n) is 4.52. The summed E-state index contributed by atoms with van der Waals surface area (Å²) < 4.78 is 8.00. The van der Waals surface area contributed by atoms with Crippen molar-refractivity contribution >= 4 is 52.5 Å². The minimum absolute atomic E-state index is 0.359. The number of hydrogen-bond acceptors (Lipinski definition) is 7. The Hall–Kier alpha value is -3.43. The number of thiophene rings is 1. The average molecular weight is 501 g/mol. The van der Waals surface area contributed by atoms with E-state index in [-0.39, 0.29) is 0 Å². The largest absolute Gasteiger partial charge is 0.486 e. The van der Waals surface area contributed by atoms with Crippen LogP contribution in [0.5, 0.6) is 5.75 Å². The molecule has 0 atom stereocenters. The maximum absolute atomic E-state index is 6.53. The summed E-state index contributed by atoms with van der Waals surface area (Å²) in [4.78, 5) is 15.7. The van der Waals surface area contributed by atoms with Gasteiger partial charge in [0.05, 0.1) is 22.3 Å². The lowest BCUT2D eigenvalue weighted by molar-refractivity contribution is 0.301. The number of aromatic nitrogens is 5. The fraction of sp³-hybridized carbons (Fsp3) is 0.200. The highest BCUT2D eigenvalue weighted by Crippen LogP contribution is 2.45. The monoisotopic (exact) mass is 500 g/mol. The zero-order chi connectivity index (χ0) is 23.8. The Balaban J connectivity index is 1.28. The van der Waals surface area contributed by atoms with Crippen LogP contribution in [0, 0.1) is 0 Å². The molecule has 0 spiro atoms. The third kappa shape index (κ3) is 4.15. The number of hydrogen-bond donors (Lipinski definition) is 1. The van der Waals surface area contributed by atoms with E-state index in [9.17, 15) is 0 Å². The maximum atomic E-state index is 6.53. The van der Waals surface area contributed by atoms with Crippen LogP contribution in [0.15, 0.2) is 55.1 Å². The summed E-state index contributed by atoms with van der Waals surface area (Å²) in [5, 5.41) is 9.70. The molecule has 0 radical (unpaired) electrons. The molecule has 4 aromatic heterocycles. The van der Waals surface area contributed by atoms with Gasteiger partial charge in [0.25, 0.3) is 0 Å². The van der Waals surface area contributed by atoms with Gasteiger partial charge >= 0.3 is 0 Å². The second-order valence-corrected chi connectivity index (χ2v) is 9.83. The van der Waals surface area contributed by atoms with Crippen LogP contribution in [0.25, 0.3) is 20.7 Å². The number of nitrogens with one attached hydrogen (secondary N) is 1. The van der Waals surface area contributed by atoms with Crippen LogP contribution in [0.4, 0.5) is 11.5 Å². The molecule has 0 fully saturated rings. The minimum Gasteiger partial charge on any atom is -0.486 e. The fourth-order valence-corrected chi connectivity index (χ4v) is 5.98. The third-order valence-electron chi connectivity index (χ3n) is 6.12. The molecule has 35 heavy (non-hydrogen) atoms. The van der Waals surface area contributed by atoms with Crippen molar-refractivity contribution in [2.45, 2.75) is 32.3 Å². The minimum atomic E-state index is 0.359. The predicted molar refractivity (Wildman–Crippen MR) is 143 cm³/mol. The highest BCUT2D eigenvalue weighted by atomic mass is 35.5. The number of nitrogens with zero attached hydrogens (tertiary/aromatic N) is 5. The van der Waals surface area contributed by atoms with E-state index in [4.69, 9.17) is 16.3 Å². The number of anilines is 2. The van der Waals surface area contributed by atoms with Gasteiger partial charge < -0.3 is 10.1 Å². The first-order valence-electron chi connectivity index (χ1n) is 11.6. The number of ether oxygens (including phenoxy) is 1. The summed E-state index contributed by atoms with van der Waals surface area (Å²) in [6, 6.07) is 11.4. The maximum Gasteiger partial charge on any atom is 0.142 e. The van der Waals surface area contributed by atoms with Crippen molar-refractivity contribution in [1.29, 1.82) is 0 Å². The number of halogens is 1. The summed E-state index contributed by atoms with van der Waals surface area (Å²) >= 11 is 8.25. The van der Waals surface area contributed by atoms with Gasteiger partial charge in [-0.2, -0.15) is 5.10 Å². The third-order valence-corrected chi connectivity index (χ3v) is 7.59. The number of rotatable bonds is 7. The van der Waals surface area contributed by atoms with Gasteiger partial charge in [-0.15, -0.1) is 11.3 Å². The summed E-state index contributed by atoms with van der Waals surface area (Å²) in [6.07, 6.45) is 8.35. The number of benzene rings is 1. The lowest BCUT2D eigenvalue weighted by atomic mass is 9.95. The van der Waals surface area contributed by atoms with Gasteiger partial charge in [0.15, 0.2) is 0 Å². The number of aryl methyl sites for hydroxylation is 2. The first-order valence-corrected chi connectivity index (χ1v) is 12.8. The summed E-state index contributed by atoms with van der Waals surface area (Å²) in [5.74, 6) is 1.40. The molecule has 10 heteroatoms. The topological polar surface area (TPSA) is 77.8 Å². The molecule has 0 saturated carbocycles. The first-order chi connectivity index (χ1) is 17.2. The molecule has 1 aliphatic carbocycles. The first kappa shape index (κ1) is 22.1. The molecule has 1 N–H and O–H groups in total. The van der Waals surface area contributed by atoms with Gasteiger partial charge in [0.2, 0.25) is 0 Å². The molecule has 174 valence electrons. The standard InChI is InChI=1S/C25H22BClN6OS/c26-8-10-33-20-6-5-17-22-24(29-14-30-25(22)35-23(17)18(20)12-31-33)32-15-4-7-21(19(27)11-15)34-13-16-3-1-2-9-28-16/h1-4,7,9,11-12,14H,5-6,8,10,13,26H2,(H,29,30,32). The van der Waals surface area contributed by atoms with Crippen LogP contribution in [-0.4, -0.2) is 32.6 Å². The van der Waals surface area contributed by atoms with Gasteiger partial charge in [-0.05, 0) is 48.7 Å². The van der Waals surface area contributed by atoms with Gasteiger partial charge in [-0.25, -0.2) is 9.97 Å². The van der Waals surface area contributed by atoms with Crippen LogP contribution in [0.3, 0.4) is 0 Å². The van der Waals surface area contributed by atoms with Crippen LogP contribution < -0.4 is 10.1 Å². The van der Waals surface area contributed by atoms with Crippen molar-refractivity contribution in [2.75, 3.05) is 5.32 Å². The van der Waals surface area contributed by atoms with Gasteiger partial charge in [-0.1, -0.05) is 24.0 Å². The zero-order valence-corrected chi connectivity index (χ0v) is 20.7. The Morgan fingerprint density at radius 1 is 1.14 bits per heavy atom. The number of pyridine rings is 1. The molecule has 0 unspecified atom stereocenters. The highest BCUT2D eigenvalue weighted by molar-refractivity contribution is 7.22. The molecular formula is C25H22BClN6OS. The summed E-state index contributed by atoms with van der Waals surface area (Å²) in [7, 11) is 2.18. The zero-order valence-electron chi connectivity index (χ0n) is 19.2. The van der Waals surface area contributed by atoms with E-state index < -0.39 is 0 Å². The van der Waals surface area contributed by atoms with E-state index in [1.54, 1.807) is 23.9 Å². The van der Waals surface area contributed by atoms with Crippen molar-refractivity contribution in [3.63, 3.8) is 0 Å². The Labute approximate surface area is 212 Å². The molecule has 7 nitrogen and oxygen atoms in total. The van der Waals surface area contributed by atoms with Gasteiger partial charge in [0, 0.05) is 34.6 Å². The SMILES string of the molecule is BCCn1ncc2c1CCc1c-2sc2ncnc(Nc3ccc(OCc4ccccn4)c(Cl)c3)c12. The second kappa shape index (κ2) is 9.32. The molecule has 4 heterocycles. The lowest BCUT2D eigenvalue weighted by Gasteiger charge is -2.16. The molecule has 0 saturated heterocycles. The van der Waals surface area contributed by atoms with Crippen LogP contribution in [0.2, 0.25) is 11.3 Å². The second-order valence-electron chi connectivity index (χ2n) is 8.42. The van der Waals surface area contributed by atoms with E-state index in [1.807, 2.05) is 42.6 Å². The van der Waals surface area contributed by atoms with Crippen molar-refractivity contribution in [1.82, 2.24) is 24.7 Å². The molecule has 0 aliphatic heterocycles. The average Bonchev–Trinajstić information content (AvgIpc) is 3.46. The Morgan fingerprint density at radius 3 is 2.91 bits per heavy atom. The van der Waals surface area contributed by atoms with Crippen molar-refractivity contribution in [3.8, 4) is 16.2 Å². The summed E-state index contributed by atoms with van der Waals surface area (Å²) in [5.41, 5.74) is 5.53. The van der Waals surface area contributed by atoms with Crippen LogP contribution >= 0.6 is 22.9 Å². The molecule has 5 aromatic rings. The Bertz CT molecular complexity index is 1520. The van der Waals surface area contributed by atoms with Crippen LogP contribution in [0.1, 0.15) is 17.0 Å². The van der Waals surface area contributed by atoms with Gasteiger partial charge in [0.1, 0.15) is 37.2 Å².